The number of guanidine groups is 1. The Morgan fingerprint density at radius 2 is 1.78 bits per heavy atom. The Kier molecular flexibility index (Phi) is 6.41. The van der Waals surface area contributed by atoms with Crippen molar-refractivity contribution in [1.29, 1.82) is 0 Å². The van der Waals surface area contributed by atoms with Gasteiger partial charge in [0.15, 0.2) is 17.5 Å². The molecule has 6 nitrogen and oxygen atoms in total. The molecular formula is C21H27N3O3. The topological polar surface area (TPSA) is 66.3 Å². The van der Waals surface area contributed by atoms with Gasteiger partial charge in [-0.25, -0.2) is 0 Å². The van der Waals surface area contributed by atoms with Gasteiger partial charge in [-0.05, 0) is 48.2 Å². The van der Waals surface area contributed by atoms with Gasteiger partial charge >= 0.3 is 0 Å². The highest BCUT2D eigenvalue weighted by molar-refractivity contribution is 5.79. The maximum Gasteiger partial charge on any atom is 0.193 e. The summed E-state index contributed by atoms with van der Waals surface area (Å²) in [7, 11) is 3.81. The van der Waals surface area contributed by atoms with Crippen molar-refractivity contribution in [2.45, 2.75) is 19.4 Å². The second-order valence-electron chi connectivity index (χ2n) is 6.58. The van der Waals surface area contributed by atoms with Crippen LogP contribution in [0.3, 0.4) is 0 Å². The van der Waals surface area contributed by atoms with Crippen LogP contribution in [-0.2, 0) is 13.0 Å². The molecule has 3 rings (SSSR count). The standard InChI is InChI=1S/C21H27N3O3/c1-22-21(23-11-3-4-16-5-8-18(25)9-6-16)24(2)15-17-7-10-19-20(14-17)27-13-12-26-19/h5-10,14,25H,3-4,11-13,15H2,1-2H3,(H,22,23). The molecule has 6 heteroatoms. The number of nitrogens with one attached hydrogen (secondary N) is 1. The van der Waals surface area contributed by atoms with Crippen LogP contribution in [0.1, 0.15) is 17.5 Å². The summed E-state index contributed by atoms with van der Waals surface area (Å²) in [5, 5.41) is 12.7. The molecule has 0 spiro atoms. The maximum atomic E-state index is 9.33. The molecule has 0 saturated carbocycles. The van der Waals surface area contributed by atoms with Crippen LogP contribution >= 0.6 is 0 Å². The van der Waals surface area contributed by atoms with Crippen LogP contribution in [-0.4, -0.2) is 49.8 Å². The molecule has 0 fully saturated rings. The third-order valence-corrected chi connectivity index (χ3v) is 4.46. The van der Waals surface area contributed by atoms with Crippen LogP contribution in [0, 0.1) is 0 Å². The van der Waals surface area contributed by atoms with Gasteiger partial charge in [-0.2, -0.15) is 0 Å². The molecule has 0 aliphatic carbocycles. The van der Waals surface area contributed by atoms with Crippen molar-refractivity contribution in [2.75, 3.05) is 33.9 Å². The molecule has 0 aromatic heterocycles. The number of rotatable bonds is 6. The van der Waals surface area contributed by atoms with Crippen LogP contribution < -0.4 is 14.8 Å². The molecule has 144 valence electrons. The number of aryl methyl sites for hydroxylation is 1. The van der Waals surface area contributed by atoms with E-state index in [-0.39, 0.29) is 0 Å². The second-order valence-corrected chi connectivity index (χ2v) is 6.58. The second kappa shape index (κ2) is 9.16. The summed E-state index contributed by atoms with van der Waals surface area (Å²) < 4.78 is 11.2. The van der Waals surface area contributed by atoms with Gasteiger partial charge in [0.25, 0.3) is 0 Å². The lowest BCUT2D eigenvalue weighted by Crippen LogP contribution is -2.39. The van der Waals surface area contributed by atoms with Crippen LogP contribution in [0.4, 0.5) is 0 Å². The number of nitrogens with zero attached hydrogens (tertiary/aromatic N) is 2. The molecule has 2 aromatic carbocycles. The Balaban J connectivity index is 1.47. The third-order valence-electron chi connectivity index (χ3n) is 4.46. The van der Waals surface area contributed by atoms with Gasteiger partial charge in [0.2, 0.25) is 0 Å². The minimum absolute atomic E-state index is 0.304. The van der Waals surface area contributed by atoms with Crippen molar-refractivity contribution in [3.63, 3.8) is 0 Å². The van der Waals surface area contributed by atoms with Gasteiger partial charge < -0.3 is 24.8 Å². The fourth-order valence-corrected chi connectivity index (χ4v) is 3.07. The lowest BCUT2D eigenvalue weighted by molar-refractivity contribution is 0.171. The van der Waals surface area contributed by atoms with Crippen LogP contribution in [0.5, 0.6) is 17.2 Å². The normalized spacial score (nSPS) is 13.3. The van der Waals surface area contributed by atoms with Gasteiger partial charge in [-0.1, -0.05) is 18.2 Å². The van der Waals surface area contributed by atoms with E-state index in [9.17, 15) is 5.11 Å². The van der Waals surface area contributed by atoms with Gasteiger partial charge in [0.1, 0.15) is 19.0 Å². The molecule has 0 amide bonds. The van der Waals surface area contributed by atoms with E-state index in [1.165, 1.54) is 5.56 Å². The summed E-state index contributed by atoms with van der Waals surface area (Å²) in [5.74, 6) is 2.78. The smallest absolute Gasteiger partial charge is 0.193 e. The average molecular weight is 369 g/mol. The Hall–Kier alpha value is -2.89. The van der Waals surface area contributed by atoms with Crippen molar-refractivity contribution < 1.29 is 14.6 Å². The van der Waals surface area contributed by atoms with Gasteiger partial charge in [-0.3, -0.25) is 4.99 Å². The first kappa shape index (κ1) is 18.9. The number of hydrogen-bond donors (Lipinski definition) is 2. The van der Waals surface area contributed by atoms with Gasteiger partial charge in [0.05, 0.1) is 0 Å². The molecule has 27 heavy (non-hydrogen) atoms. The van der Waals surface area contributed by atoms with Crippen molar-refractivity contribution in [3.05, 3.63) is 53.6 Å². The summed E-state index contributed by atoms with van der Waals surface area (Å²) in [6, 6.07) is 13.4. The van der Waals surface area contributed by atoms with Crippen molar-refractivity contribution in [1.82, 2.24) is 10.2 Å². The summed E-state index contributed by atoms with van der Waals surface area (Å²) >= 11 is 0. The average Bonchev–Trinajstić information content (AvgIpc) is 2.69. The molecule has 1 heterocycles. The first-order valence-corrected chi connectivity index (χ1v) is 9.24. The van der Waals surface area contributed by atoms with Crippen molar-refractivity contribution in [2.24, 2.45) is 4.99 Å². The number of ether oxygens (including phenoxy) is 2. The highest BCUT2D eigenvalue weighted by atomic mass is 16.6. The quantitative estimate of drug-likeness (QED) is 0.466. The molecule has 1 aliphatic heterocycles. The van der Waals surface area contributed by atoms with E-state index in [4.69, 9.17) is 9.47 Å². The fraction of sp³-hybridized carbons (Fsp3) is 0.381. The number of phenolic OH excluding ortho intramolecular Hbond substituents is 1. The van der Waals surface area contributed by atoms with Crippen LogP contribution in [0.15, 0.2) is 47.5 Å². The molecule has 0 radical (unpaired) electrons. The number of benzene rings is 2. The van der Waals surface area contributed by atoms with Gasteiger partial charge in [-0.15, -0.1) is 0 Å². The molecule has 1 aliphatic rings. The van der Waals surface area contributed by atoms with E-state index >= 15 is 0 Å². The predicted octanol–water partition coefficient (Wildman–Crippen LogP) is 2.80. The third kappa shape index (κ3) is 5.29. The maximum absolute atomic E-state index is 9.33. The Labute approximate surface area is 160 Å². The molecular weight excluding hydrogens is 342 g/mol. The number of aromatic hydroxyl groups is 1. The van der Waals surface area contributed by atoms with E-state index in [2.05, 4.69) is 21.3 Å². The SMILES string of the molecule is CN=C(NCCCc1ccc(O)cc1)N(C)Cc1ccc2c(c1)OCCO2. The number of phenols is 1. The largest absolute Gasteiger partial charge is 0.508 e. The lowest BCUT2D eigenvalue weighted by atomic mass is 10.1. The fourth-order valence-electron chi connectivity index (χ4n) is 3.07. The summed E-state index contributed by atoms with van der Waals surface area (Å²) in [6.07, 6.45) is 1.94. The molecule has 0 atom stereocenters. The van der Waals surface area contributed by atoms with Crippen LogP contribution in [0.25, 0.3) is 0 Å². The zero-order valence-electron chi connectivity index (χ0n) is 15.9. The highest BCUT2D eigenvalue weighted by Crippen LogP contribution is 2.31. The van der Waals surface area contributed by atoms with Crippen molar-refractivity contribution in [3.8, 4) is 17.2 Å². The molecule has 2 N–H and O–H groups in total. The number of fused-ring (bicyclic) bond motifs is 1. The zero-order chi connectivity index (χ0) is 19.1. The first-order chi connectivity index (χ1) is 13.2. The highest BCUT2D eigenvalue weighted by Gasteiger charge is 2.13. The molecule has 0 unspecified atom stereocenters. The number of aliphatic imine (C=N–C) groups is 1. The monoisotopic (exact) mass is 369 g/mol. The predicted molar refractivity (Wildman–Crippen MR) is 107 cm³/mol. The lowest BCUT2D eigenvalue weighted by Gasteiger charge is -2.24. The Morgan fingerprint density at radius 3 is 2.52 bits per heavy atom. The van der Waals surface area contributed by atoms with E-state index in [0.717, 1.165) is 49.0 Å². The summed E-state index contributed by atoms with van der Waals surface area (Å²) in [4.78, 5) is 6.46. The minimum atomic E-state index is 0.304. The van der Waals surface area contributed by atoms with Crippen LogP contribution in [0.2, 0.25) is 0 Å². The van der Waals surface area contributed by atoms with Gasteiger partial charge in [0, 0.05) is 27.2 Å². The van der Waals surface area contributed by atoms with E-state index in [1.807, 2.05) is 31.3 Å². The first-order valence-electron chi connectivity index (χ1n) is 9.24. The van der Waals surface area contributed by atoms with E-state index < -0.39 is 0 Å². The van der Waals surface area contributed by atoms with E-state index in [1.54, 1.807) is 19.2 Å². The summed E-state index contributed by atoms with van der Waals surface area (Å²) in [5.41, 5.74) is 2.36. The minimum Gasteiger partial charge on any atom is -0.508 e. The Bertz CT molecular complexity index is 775. The zero-order valence-corrected chi connectivity index (χ0v) is 15.9. The van der Waals surface area contributed by atoms with E-state index in [0.29, 0.717) is 19.0 Å². The molecule has 0 saturated heterocycles. The molecule has 0 bridgehead atoms. The number of hydrogen-bond acceptors (Lipinski definition) is 4. The molecule has 2 aromatic rings. The summed E-state index contributed by atoms with van der Waals surface area (Å²) in [6.45, 7) is 2.76. The van der Waals surface area contributed by atoms with Crippen molar-refractivity contribution >= 4 is 5.96 Å². The Morgan fingerprint density at radius 1 is 1.07 bits per heavy atom.